The maximum atomic E-state index is 14.4. The average Bonchev–Trinajstić information content (AvgIpc) is 3.97. The summed E-state index contributed by atoms with van der Waals surface area (Å²) in [4.78, 5) is 0. The number of aromatic nitrogens is 2. The standard InChI is InChI=1S/C81H71F3N4/c1-45-29-49(5)76(50(6)30-45)59-16-22-70-65(38-59)66-39-60(77-51(7)31-46(2)32-52(77)8)17-23-71(66)87(70)74-26-20-63(80(14,57(13)43-85)27-28-81(82,83)84)42-69(74)64-21-15-58(44-86)37-75(64)88-72-24-18-61(78-53(9)33-47(3)34-54(78)10)40-67(72)68-41-62(19-25-73(68)88)79-55(11)35-48(4)36-56(79)12/h15-42,57H,1-14H3/b28-27+/t57-,80?/m1/s1. The van der Waals surface area contributed by atoms with Crippen molar-refractivity contribution in [3.8, 4) is 79.1 Å². The molecule has 0 aliphatic rings. The first kappa shape index (κ1) is 58.7. The molecule has 0 amide bonds. The summed E-state index contributed by atoms with van der Waals surface area (Å²) in [6, 6.07) is 61.1. The van der Waals surface area contributed by atoms with Gasteiger partial charge in [-0.2, -0.15) is 23.7 Å². The Morgan fingerprint density at radius 3 is 1.05 bits per heavy atom. The molecule has 0 bridgehead atoms. The number of nitrogens with zero attached hydrogens (tertiary/aromatic N) is 4. The molecule has 12 aromatic rings. The van der Waals surface area contributed by atoms with E-state index >= 15 is 0 Å². The van der Waals surface area contributed by atoms with Crippen molar-refractivity contribution >= 4 is 43.6 Å². The lowest BCUT2D eigenvalue weighted by Gasteiger charge is -2.31. The Kier molecular flexibility index (Phi) is 14.6. The summed E-state index contributed by atoms with van der Waals surface area (Å²) in [6.07, 6.45) is -3.22. The first-order valence-corrected chi connectivity index (χ1v) is 30.2. The highest BCUT2D eigenvalue weighted by Crippen LogP contribution is 2.48. The van der Waals surface area contributed by atoms with E-state index in [9.17, 15) is 23.7 Å². The van der Waals surface area contributed by atoms with Crippen LogP contribution in [0.1, 0.15) is 91.7 Å². The molecule has 7 heteroatoms. The number of benzene rings is 10. The van der Waals surface area contributed by atoms with Crippen LogP contribution in [0.15, 0.2) is 170 Å². The van der Waals surface area contributed by atoms with E-state index in [1.807, 2.05) is 36.4 Å². The third-order valence-corrected chi connectivity index (χ3v) is 18.6. The van der Waals surface area contributed by atoms with Gasteiger partial charge in [0.15, 0.2) is 0 Å². The van der Waals surface area contributed by atoms with E-state index in [2.05, 4.69) is 226 Å². The number of rotatable bonds is 10. The van der Waals surface area contributed by atoms with Crippen LogP contribution in [0.2, 0.25) is 0 Å². The van der Waals surface area contributed by atoms with Crippen molar-refractivity contribution in [2.75, 3.05) is 0 Å². The molecule has 0 saturated carbocycles. The van der Waals surface area contributed by atoms with Crippen LogP contribution in [0.3, 0.4) is 0 Å². The molecule has 0 saturated heterocycles. The number of hydrogen-bond acceptors (Lipinski definition) is 2. The van der Waals surface area contributed by atoms with Gasteiger partial charge < -0.3 is 9.13 Å². The smallest absolute Gasteiger partial charge is 0.309 e. The zero-order valence-corrected chi connectivity index (χ0v) is 52.7. The van der Waals surface area contributed by atoms with E-state index in [-0.39, 0.29) is 6.08 Å². The van der Waals surface area contributed by atoms with Gasteiger partial charge in [-0.3, -0.25) is 0 Å². The summed E-state index contributed by atoms with van der Waals surface area (Å²) >= 11 is 0. The highest BCUT2D eigenvalue weighted by atomic mass is 19.4. The number of aryl methyl sites for hydroxylation is 12. The number of hydrogen-bond donors (Lipinski definition) is 0. The second-order valence-corrected chi connectivity index (χ2v) is 25.3. The molecular formula is C81H71F3N4. The molecule has 2 heterocycles. The highest BCUT2D eigenvalue weighted by molar-refractivity contribution is 6.14. The van der Waals surface area contributed by atoms with Gasteiger partial charge in [-0.05, 0) is 257 Å². The fourth-order valence-electron chi connectivity index (χ4n) is 14.9. The second-order valence-electron chi connectivity index (χ2n) is 25.3. The fraction of sp³-hybridized carbons (Fsp3) is 0.210. The van der Waals surface area contributed by atoms with Crippen LogP contribution in [-0.4, -0.2) is 15.3 Å². The predicted molar refractivity (Wildman–Crippen MR) is 361 cm³/mol. The Morgan fingerprint density at radius 1 is 0.386 bits per heavy atom. The van der Waals surface area contributed by atoms with Gasteiger partial charge in [0, 0.05) is 44.2 Å². The molecule has 1 unspecified atom stereocenters. The summed E-state index contributed by atoms with van der Waals surface area (Å²) in [5, 5.41) is 25.7. The Hall–Kier alpha value is -9.69. The molecule has 436 valence electrons. The van der Waals surface area contributed by atoms with E-state index in [0.717, 1.165) is 83.2 Å². The Morgan fingerprint density at radius 2 is 0.727 bits per heavy atom. The fourth-order valence-corrected chi connectivity index (χ4v) is 14.9. The molecule has 0 aliphatic carbocycles. The first-order valence-electron chi connectivity index (χ1n) is 30.2. The van der Waals surface area contributed by atoms with Crippen LogP contribution in [-0.2, 0) is 5.41 Å². The van der Waals surface area contributed by atoms with Crippen molar-refractivity contribution in [3.05, 3.63) is 248 Å². The van der Waals surface area contributed by atoms with Crippen LogP contribution >= 0.6 is 0 Å². The Balaban J connectivity index is 1.21. The molecule has 0 N–H and O–H groups in total. The third kappa shape index (κ3) is 10.1. The summed E-state index contributed by atoms with van der Waals surface area (Å²) in [7, 11) is 0. The Bertz CT molecular complexity index is 4720. The van der Waals surface area contributed by atoms with Crippen molar-refractivity contribution < 1.29 is 13.2 Å². The van der Waals surface area contributed by atoms with Crippen molar-refractivity contribution in [3.63, 3.8) is 0 Å². The summed E-state index contributed by atoms with van der Waals surface area (Å²) in [5.41, 5.74) is 29.6. The van der Waals surface area contributed by atoms with E-state index < -0.39 is 17.5 Å². The maximum Gasteiger partial charge on any atom is 0.409 e. The number of nitriles is 2. The van der Waals surface area contributed by atoms with Gasteiger partial charge in [0.05, 0.1) is 57.1 Å². The van der Waals surface area contributed by atoms with Gasteiger partial charge in [0.2, 0.25) is 0 Å². The number of allylic oxidation sites excluding steroid dienone is 2. The zero-order chi connectivity index (χ0) is 62.6. The average molecular weight is 1160 g/mol. The molecule has 4 nitrogen and oxygen atoms in total. The molecule has 10 aromatic carbocycles. The third-order valence-electron chi connectivity index (χ3n) is 18.6. The molecule has 88 heavy (non-hydrogen) atoms. The van der Waals surface area contributed by atoms with Crippen LogP contribution in [0, 0.1) is 112 Å². The second kappa shape index (κ2) is 21.9. The molecule has 0 spiro atoms. The van der Waals surface area contributed by atoms with E-state index in [1.165, 1.54) is 89.0 Å². The normalized spacial score (nSPS) is 13.0. The van der Waals surface area contributed by atoms with Gasteiger partial charge >= 0.3 is 6.18 Å². The van der Waals surface area contributed by atoms with Gasteiger partial charge in [-0.1, -0.05) is 120 Å². The Labute approximate surface area is 515 Å². The number of halogens is 3. The van der Waals surface area contributed by atoms with E-state index in [1.54, 1.807) is 13.8 Å². The minimum absolute atomic E-state index is 0.262. The zero-order valence-electron chi connectivity index (χ0n) is 52.7. The van der Waals surface area contributed by atoms with Gasteiger partial charge in [0.25, 0.3) is 0 Å². The summed E-state index contributed by atoms with van der Waals surface area (Å²) < 4.78 is 47.9. The molecule has 2 atom stereocenters. The van der Waals surface area contributed by atoms with Crippen molar-refractivity contribution in [2.45, 2.75) is 109 Å². The number of fused-ring (bicyclic) bond motifs is 6. The van der Waals surface area contributed by atoms with E-state index in [0.29, 0.717) is 22.4 Å². The van der Waals surface area contributed by atoms with Crippen molar-refractivity contribution in [1.29, 1.82) is 10.5 Å². The van der Waals surface area contributed by atoms with Crippen molar-refractivity contribution in [1.82, 2.24) is 9.13 Å². The first-order chi connectivity index (χ1) is 41.9. The van der Waals surface area contributed by atoms with Crippen LogP contribution < -0.4 is 0 Å². The SMILES string of the molecule is Cc1cc(C)c(-c2ccc3c(c2)c2cc(-c4c(C)cc(C)cc4C)ccc2n3-c2ccc(C(C)(/C=C/C(F)(F)F)[C@H](C)C#N)cc2-c2ccc(C#N)cc2-n2c3ccc(-c4c(C)cc(C)cc4C)cc3c3cc(-c4c(C)cc(C)cc4C)ccc32)c(C)c1. The summed E-state index contributed by atoms with van der Waals surface area (Å²) in [6.45, 7) is 29.3. The minimum Gasteiger partial charge on any atom is -0.309 e. The van der Waals surface area contributed by atoms with Crippen LogP contribution in [0.4, 0.5) is 13.2 Å². The van der Waals surface area contributed by atoms with Gasteiger partial charge in [-0.25, -0.2) is 0 Å². The molecular weight excluding hydrogens is 1090 g/mol. The van der Waals surface area contributed by atoms with E-state index in [4.69, 9.17) is 0 Å². The molecule has 0 aliphatic heterocycles. The van der Waals surface area contributed by atoms with Crippen molar-refractivity contribution in [2.24, 2.45) is 5.92 Å². The largest absolute Gasteiger partial charge is 0.409 e. The lowest BCUT2D eigenvalue weighted by molar-refractivity contribution is -0.0804. The molecule has 2 aromatic heterocycles. The molecule has 0 radical (unpaired) electrons. The molecule has 0 fully saturated rings. The molecule has 12 rings (SSSR count). The predicted octanol–water partition coefficient (Wildman–Crippen LogP) is 22.3. The summed E-state index contributed by atoms with van der Waals surface area (Å²) in [5.74, 6) is -0.875. The monoisotopic (exact) mass is 1160 g/mol. The highest BCUT2D eigenvalue weighted by Gasteiger charge is 2.35. The topological polar surface area (TPSA) is 57.4 Å². The van der Waals surface area contributed by atoms with Gasteiger partial charge in [-0.15, -0.1) is 0 Å². The number of alkyl halides is 3. The minimum atomic E-state index is -4.63. The van der Waals surface area contributed by atoms with Crippen LogP contribution in [0.25, 0.3) is 111 Å². The quantitative estimate of drug-likeness (QED) is 0.128. The lowest BCUT2D eigenvalue weighted by Crippen LogP contribution is -2.28. The van der Waals surface area contributed by atoms with Crippen LogP contribution in [0.5, 0.6) is 0 Å². The maximum absolute atomic E-state index is 14.4. The van der Waals surface area contributed by atoms with Gasteiger partial charge in [0.1, 0.15) is 0 Å². The lowest BCUT2D eigenvalue weighted by atomic mass is 9.72.